The molecule has 0 fully saturated rings. The van der Waals surface area contributed by atoms with Gasteiger partial charge in [-0.3, -0.25) is 4.79 Å². The molecule has 5 nitrogen and oxygen atoms in total. The molecule has 1 aliphatic rings. The van der Waals surface area contributed by atoms with E-state index in [2.05, 4.69) is 10.2 Å². The van der Waals surface area contributed by atoms with Crippen molar-refractivity contribution >= 4 is 39.8 Å². The summed E-state index contributed by atoms with van der Waals surface area (Å²) in [5, 5.41) is 3.87. The zero-order valence-corrected chi connectivity index (χ0v) is 15.0. The van der Waals surface area contributed by atoms with Gasteiger partial charge in [0.25, 0.3) is 5.91 Å². The van der Waals surface area contributed by atoms with Crippen molar-refractivity contribution < 1.29 is 14.3 Å². The summed E-state index contributed by atoms with van der Waals surface area (Å²) in [7, 11) is 3.38. The van der Waals surface area contributed by atoms with Crippen LogP contribution in [0, 0.1) is 0 Å². The highest BCUT2D eigenvalue weighted by Crippen LogP contribution is 2.37. The van der Waals surface area contributed by atoms with Crippen LogP contribution in [0.5, 0.6) is 0 Å². The Kier molecular flexibility index (Phi) is 4.89. The fraction of sp³-hybridized carbons (Fsp3) is 0.294. The fourth-order valence-electron chi connectivity index (χ4n) is 2.74. The van der Waals surface area contributed by atoms with Crippen molar-refractivity contribution in [3.05, 3.63) is 50.9 Å². The molecule has 1 aromatic carbocycles. The summed E-state index contributed by atoms with van der Waals surface area (Å²) in [6.45, 7) is 1.63. The first kappa shape index (κ1) is 17.0. The van der Waals surface area contributed by atoms with Gasteiger partial charge in [0.15, 0.2) is 0 Å². The van der Waals surface area contributed by atoms with Crippen molar-refractivity contribution in [3.63, 3.8) is 0 Å². The lowest BCUT2D eigenvalue weighted by molar-refractivity contribution is 0.0600. The first-order chi connectivity index (χ1) is 11.5. The number of nitrogens with one attached hydrogen (secondary N) is 1. The number of carbonyl (C=O) groups is 2. The number of hydrogen-bond donors (Lipinski definition) is 1. The summed E-state index contributed by atoms with van der Waals surface area (Å²) in [6, 6.07) is 6.70. The van der Waals surface area contributed by atoms with Crippen LogP contribution in [-0.2, 0) is 17.7 Å². The van der Waals surface area contributed by atoms with Gasteiger partial charge in [-0.1, -0.05) is 17.7 Å². The second kappa shape index (κ2) is 6.93. The number of esters is 1. The van der Waals surface area contributed by atoms with Gasteiger partial charge in [-0.2, -0.15) is 0 Å². The molecular formula is C17H17ClN2O3S. The zero-order chi connectivity index (χ0) is 17.3. The van der Waals surface area contributed by atoms with Gasteiger partial charge in [-0.25, -0.2) is 4.79 Å². The van der Waals surface area contributed by atoms with Crippen LogP contribution in [-0.4, -0.2) is 37.5 Å². The Bertz CT molecular complexity index is 803. The molecule has 1 aliphatic heterocycles. The van der Waals surface area contributed by atoms with E-state index < -0.39 is 5.97 Å². The minimum Gasteiger partial charge on any atom is -0.465 e. The minimum absolute atomic E-state index is 0.297. The monoisotopic (exact) mass is 364 g/mol. The standard InChI is InChI=1S/C17H17ClN2O3S/c1-20-7-6-12-13(9-20)24-16(14(12)17(22)23-2)19-15(21)10-4-3-5-11(18)8-10/h3-5,8H,6-7,9H2,1-2H3,(H,19,21). The van der Waals surface area contributed by atoms with E-state index in [1.165, 1.54) is 18.4 Å². The summed E-state index contributed by atoms with van der Waals surface area (Å²) in [6.07, 6.45) is 0.764. The van der Waals surface area contributed by atoms with Crippen LogP contribution in [0.15, 0.2) is 24.3 Å². The molecule has 0 bridgehead atoms. The van der Waals surface area contributed by atoms with Gasteiger partial charge in [0.1, 0.15) is 5.00 Å². The molecule has 126 valence electrons. The van der Waals surface area contributed by atoms with Crippen molar-refractivity contribution in [2.24, 2.45) is 0 Å². The Morgan fingerprint density at radius 3 is 2.88 bits per heavy atom. The molecule has 1 aromatic heterocycles. The van der Waals surface area contributed by atoms with E-state index in [0.29, 0.717) is 21.2 Å². The number of methoxy groups -OCH3 is 1. The molecule has 3 rings (SSSR count). The highest BCUT2D eigenvalue weighted by Gasteiger charge is 2.28. The maximum Gasteiger partial charge on any atom is 0.341 e. The Morgan fingerprint density at radius 1 is 1.38 bits per heavy atom. The van der Waals surface area contributed by atoms with E-state index in [-0.39, 0.29) is 5.91 Å². The second-order valence-corrected chi connectivity index (χ2v) is 7.19. The number of thiophene rings is 1. The van der Waals surface area contributed by atoms with Gasteiger partial charge in [-0.05, 0) is 37.2 Å². The third-order valence-electron chi connectivity index (χ3n) is 3.95. The summed E-state index contributed by atoms with van der Waals surface area (Å²) in [5.41, 5.74) is 1.90. The van der Waals surface area contributed by atoms with E-state index in [9.17, 15) is 9.59 Å². The van der Waals surface area contributed by atoms with Crippen LogP contribution >= 0.6 is 22.9 Å². The average Bonchev–Trinajstić information content (AvgIpc) is 2.90. The van der Waals surface area contributed by atoms with E-state index in [0.717, 1.165) is 30.0 Å². The van der Waals surface area contributed by atoms with Gasteiger partial charge in [0.05, 0.1) is 12.7 Å². The Morgan fingerprint density at radius 2 is 2.17 bits per heavy atom. The van der Waals surface area contributed by atoms with E-state index in [1.807, 2.05) is 7.05 Å². The number of anilines is 1. The lowest BCUT2D eigenvalue weighted by atomic mass is 10.0. The van der Waals surface area contributed by atoms with Crippen LogP contribution in [0.25, 0.3) is 0 Å². The smallest absolute Gasteiger partial charge is 0.341 e. The molecule has 0 unspecified atom stereocenters. The predicted molar refractivity (Wildman–Crippen MR) is 95.1 cm³/mol. The van der Waals surface area contributed by atoms with Gasteiger partial charge < -0.3 is 15.0 Å². The molecule has 0 saturated heterocycles. The Hall–Kier alpha value is -1.89. The molecule has 24 heavy (non-hydrogen) atoms. The third kappa shape index (κ3) is 3.31. The van der Waals surface area contributed by atoms with Crippen molar-refractivity contribution in [1.29, 1.82) is 0 Å². The van der Waals surface area contributed by atoms with Gasteiger partial charge in [-0.15, -0.1) is 11.3 Å². The molecular weight excluding hydrogens is 348 g/mol. The number of fused-ring (bicyclic) bond motifs is 1. The largest absolute Gasteiger partial charge is 0.465 e. The van der Waals surface area contributed by atoms with Crippen LogP contribution < -0.4 is 5.32 Å². The van der Waals surface area contributed by atoms with Crippen LogP contribution in [0.1, 0.15) is 31.2 Å². The highest BCUT2D eigenvalue weighted by molar-refractivity contribution is 7.17. The number of amides is 1. The summed E-state index contributed by atoms with van der Waals surface area (Å²) >= 11 is 7.37. The molecule has 0 spiro atoms. The number of carbonyl (C=O) groups excluding carboxylic acids is 2. The number of likely N-dealkylation sites (N-methyl/N-ethyl adjacent to an activating group) is 1. The number of nitrogens with zero attached hydrogens (tertiary/aromatic N) is 1. The third-order valence-corrected chi connectivity index (χ3v) is 5.32. The molecule has 2 aromatic rings. The maximum absolute atomic E-state index is 12.5. The Labute approximate surface area is 149 Å². The molecule has 7 heteroatoms. The molecule has 1 amide bonds. The van der Waals surface area contributed by atoms with Crippen molar-refractivity contribution in [2.75, 3.05) is 26.0 Å². The van der Waals surface area contributed by atoms with Crippen molar-refractivity contribution in [2.45, 2.75) is 13.0 Å². The molecule has 0 saturated carbocycles. The van der Waals surface area contributed by atoms with E-state index in [4.69, 9.17) is 16.3 Å². The Balaban J connectivity index is 1.95. The molecule has 1 N–H and O–H groups in total. The predicted octanol–water partition coefficient (Wildman–Crippen LogP) is 3.43. The van der Waals surface area contributed by atoms with Crippen LogP contribution in [0.2, 0.25) is 5.02 Å². The van der Waals surface area contributed by atoms with Crippen LogP contribution in [0.3, 0.4) is 0 Å². The number of rotatable bonds is 3. The van der Waals surface area contributed by atoms with Gasteiger partial charge in [0, 0.05) is 28.6 Å². The van der Waals surface area contributed by atoms with E-state index >= 15 is 0 Å². The number of ether oxygens (including phenoxy) is 1. The summed E-state index contributed by atoms with van der Waals surface area (Å²) in [5.74, 6) is -0.715. The van der Waals surface area contributed by atoms with Crippen LogP contribution in [0.4, 0.5) is 5.00 Å². The zero-order valence-electron chi connectivity index (χ0n) is 13.4. The highest BCUT2D eigenvalue weighted by atomic mass is 35.5. The normalized spacial score (nSPS) is 14.1. The first-order valence-corrected chi connectivity index (χ1v) is 8.67. The SMILES string of the molecule is COC(=O)c1c(NC(=O)c2cccc(Cl)c2)sc2c1CCN(C)C2. The second-order valence-electron chi connectivity index (χ2n) is 5.65. The first-order valence-electron chi connectivity index (χ1n) is 7.48. The summed E-state index contributed by atoms with van der Waals surface area (Å²) < 4.78 is 4.92. The van der Waals surface area contributed by atoms with Crippen molar-refractivity contribution in [3.8, 4) is 0 Å². The topological polar surface area (TPSA) is 58.6 Å². The fourth-order valence-corrected chi connectivity index (χ4v) is 4.24. The average molecular weight is 365 g/mol. The number of halogens is 1. The van der Waals surface area contributed by atoms with Gasteiger partial charge >= 0.3 is 5.97 Å². The molecule has 2 heterocycles. The lowest BCUT2D eigenvalue weighted by Crippen LogP contribution is -2.26. The number of benzene rings is 1. The number of hydrogen-bond acceptors (Lipinski definition) is 5. The maximum atomic E-state index is 12.5. The van der Waals surface area contributed by atoms with Gasteiger partial charge in [0.2, 0.25) is 0 Å². The molecule has 0 aliphatic carbocycles. The molecule has 0 atom stereocenters. The molecule has 0 radical (unpaired) electrons. The summed E-state index contributed by atoms with van der Waals surface area (Å²) in [4.78, 5) is 28.0. The van der Waals surface area contributed by atoms with E-state index in [1.54, 1.807) is 24.3 Å². The lowest BCUT2D eigenvalue weighted by Gasteiger charge is -2.22. The quantitative estimate of drug-likeness (QED) is 0.848. The minimum atomic E-state index is -0.418. The van der Waals surface area contributed by atoms with Crippen molar-refractivity contribution in [1.82, 2.24) is 4.90 Å².